The molecular formula is C17H27N3S. The molecule has 3 rings (SSSR count). The fraction of sp³-hybridized carbons (Fsp3) is 0.706. The summed E-state index contributed by atoms with van der Waals surface area (Å²) in [6.45, 7) is 3.28. The third-order valence-corrected chi connectivity index (χ3v) is 5.53. The summed E-state index contributed by atoms with van der Waals surface area (Å²) in [5.74, 6) is 0.824. The Morgan fingerprint density at radius 3 is 2.76 bits per heavy atom. The van der Waals surface area contributed by atoms with E-state index in [4.69, 9.17) is 4.98 Å². The van der Waals surface area contributed by atoms with Gasteiger partial charge in [0.1, 0.15) is 0 Å². The van der Waals surface area contributed by atoms with Crippen LogP contribution in [0.4, 0.5) is 0 Å². The average Bonchev–Trinajstić information content (AvgIpc) is 2.99. The lowest BCUT2D eigenvalue weighted by Gasteiger charge is -2.29. The van der Waals surface area contributed by atoms with Crippen molar-refractivity contribution in [2.75, 3.05) is 6.54 Å². The summed E-state index contributed by atoms with van der Waals surface area (Å²) in [6.07, 6.45) is 15.3. The second-order valence-electron chi connectivity index (χ2n) is 6.30. The topological polar surface area (TPSA) is 29.3 Å². The van der Waals surface area contributed by atoms with Crippen molar-refractivity contribution in [3.63, 3.8) is 0 Å². The second-order valence-corrected chi connectivity index (χ2v) is 7.17. The Morgan fingerprint density at radius 2 is 2.05 bits per heavy atom. The normalized spacial score (nSPS) is 19.5. The molecule has 1 saturated carbocycles. The molecule has 1 atom stereocenters. The number of hydrogen-bond acceptors (Lipinski definition) is 3. The number of imidazole rings is 1. The maximum Gasteiger partial charge on any atom is 0.193 e. The van der Waals surface area contributed by atoms with E-state index >= 15 is 0 Å². The molecule has 0 spiro atoms. The van der Waals surface area contributed by atoms with Gasteiger partial charge in [-0.25, -0.2) is 4.98 Å². The van der Waals surface area contributed by atoms with Gasteiger partial charge in [-0.2, -0.15) is 0 Å². The standard InChI is InChI=1S/C17H27N3S/c1-2-18-16(14-8-6-4-3-5-7-9-14)12-15-13-20-10-11-21-17(20)19-15/h10-11,13-14,16,18H,2-9,12H2,1H3. The number of fused-ring (bicyclic) bond motifs is 1. The van der Waals surface area contributed by atoms with E-state index in [0.717, 1.165) is 23.8 Å². The van der Waals surface area contributed by atoms with Crippen LogP contribution in [0.25, 0.3) is 4.96 Å². The first-order chi connectivity index (χ1) is 10.4. The molecule has 0 aromatic carbocycles. The molecule has 4 heteroatoms. The van der Waals surface area contributed by atoms with Crippen molar-refractivity contribution in [1.29, 1.82) is 0 Å². The highest BCUT2D eigenvalue weighted by atomic mass is 32.1. The summed E-state index contributed by atoms with van der Waals surface area (Å²) in [6, 6.07) is 0.595. The van der Waals surface area contributed by atoms with E-state index in [1.54, 1.807) is 11.3 Å². The first kappa shape index (κ1) is 15.0. The van der Waals surface area contributed by atoms with Crippen LogP contribution in [0.1, 0.15) is 57.6 Å². The number of likely N-dealkylation sites (N-methyl/N-ethyl adjacent to an activating group) is 1. The van der Waals surface area contributed by atoms with Crippen LogP contribution in [0.5, 0.6) is 0 Å². The van der Waals surface area contributed by atoms with Crippen LogP contribution in [0.3, 0.4) is 0 Å². The van der Waals surface area contributed by atoms with Gasteiger partial charge in [-0.3, -0.25) is 4.40 Å². The molecule has 0 radical (unpaired) electrons. The van der Waals surface area contributed by atoms with Crippen molar-refractivity contribution < 1.29 is 0 Å². The molecule has 0 aliphatic heterocycles. The summed E-state index contributed by atoms with van der Waals surface area (Å²) in [4.78, 5) is 5.90. The molecule has 1 aliphatic rings. The fourth-order valence-corrected chi connectivity index (χ4v) is 4.38. The molecule has 1 unspecified atom stereocenters. The third kappa shape index (κ3) is 3.86. The Labute approximate surface area is 131 Å². The lowest BCUT2D eigenvalue weighted by molar-refractivity contribution is 0.285. The van der Waals surface area contributed by atoms with Crippen LogP contribution in [0.15, 0.2) is 17.8 Å². The van der Waals surface area contributed by atoms with E-state index in [2.05, 4.69) is 34.4 Å². The molecule has 116 valence electrons. The third-order valence-electron chi connectivity index (χ3n) is 4.76. The molecule has 1 fully saturated rings. The molecular weight excluding hydrogens is 278 g/mol. The Bertz CT molecular complexity index is 508. The van der Waals surface area contributed by atoms with Crippen LogP contribution in [0, 0.1) is 5.92 Å². The SMILES string of the molecule is CCNC(Cc1cn2ccsc2n1)C1CCCCCCC1. The van der Waals surface area contributed by atoms with Crippen LogP contribution < -0.4 is 5.32 Å². The number of nitrogens with one attached hydrogen (secondary N) is 1. The van der Waals surface area contributed by atoms with Gasteiger partial charge in [-0.15, -0.1) is 11.3 Å². The smallest absolute Gasteiger partial charge is 0.193 e. The second kappa shape index (κ2) is 7.41. The van der Waals surface area contributed by atoms with Crippen LogP contribution in [-0.2, 0) is 6.42 Å². The van der Waals surface area contributed by atoms with Crippen molar-refractivity contribution in [2.45, 2.75) is 64.3 Å². The van der Waals surface area contributed by atoms with Gasteiger partial charge < -0.3 is 5.32 Å². The van der Waals surface area contributed by atoms with Gasteiger partial charge in [0.15, 0.2) is 4.96 Å². The Hall–Kier alpha value is -0.870. The number of thiazole rings is 1. The predicted molar refractivity (Wildman–Crippen MR) is 90.0 cm³/mol. The molecule has 0 bridgehead atoms. The van der Waals surface area contributed by atoms with Crippen molar-refractivity contribution in [1.82, 2.24) is 14.7 Å². The van der Waals surface area contributed by atoms with Gasteiger partial charge in [0.2, 0.25) is 0 Å². The minimum absolute atomic E-state index is 0.595. The van der Waals surface area contributed by atoms with E-state index in [0.29, 0.717) is 6.04 Å². The minimum atomic E-state index is 0.595. The molecule has 2 aromatic rings. The van der Waals surface area contributed by atoms with Crippen molar-refractivity contribution in [2.24, 2.45) is 5.92 Å². The Kier molecular flexibility index (Phi) is 5.31. The maximum absolute atomic E-state index is 4.77. The summed E-state index contributed by atoms with van der Waals surface area (Å²) in [5.41, 5.74) is 1.25. The number of hydrogen-bond donors (Lipinski definition) is 1. The van der Waals surface area contributed by atoms with Gasteiger partial charge in [0, 0.05) is 30.2 Å². The summed E-state index contributed by atoms with van der Waals surface area (Å²) >= 11 is 1.72. The van der Waals surface area contributed by atoms with Gasteiger partial charge in [0.25, 0.3) is 0 Å². The summed E-state index contributed by atoms with van der Waals surface area (Å²) < 4.78 is 2.15. The number of nitrogens with zero attached hydrogens (tertiary/aromatic N) is 2. The number of rotatable bonds is 5. The first-order valence-corrected chi connectivity index (χ1v) is 9.39. The average molecular weight is 305 g/mol. The van der Waals surface area contributed by atoms with E-state index in [1.807, 2.05) is 0 Å². The molecule has 1 N–H and O–H groups in total. The Balaban J connectivity index is 1.68. The van der Waals surface area contributed by atoms with Gasteiger partial charge >= 0.3 is 0 Å². The zero-order valence-corrected chi connectivity index (χ0v) is 13.9. The highest BCUT2D eigenvalue weighted by Crippen LogP contribution is 2.26. The molecule has 1 aliphatic carbocycles. The van der Waals surface area contributed by atoms with E-state index < -0.39 is 0 Å². The molecule has 0 saturated heterocycles. The highest BCUT2D eigenvalue weighted by Gasteiger charge is 2.22. The quantitative estimate of drug-likeness (QED) is 0.893. The van der Waals surface area contributed by atoms with Gasteiger partial charge in [-0.1, -0.05) is 39.0 Å². The van der Waals surface area contributed by atoms with E-state index in [-0.39, 0.29) is 0 Å². The minimum Gasteiger partial charge on any atom is -0.314 e. The molecule has 0 amide bonds. The number of aromatic nitrogens is 2. The molecule has 21 heavy (non-hydrogen) atoms. The predicted octanol–water partition coefficient (Wildman–Crippen LogP) is 4.28. The summed E-state index contributed by atoms with van der Waals surface area (Å²) in [5, 5.41) is 5.84. The lowest BCUT2D eigenvalue weighted by atomic mass is 9.84. The van der Waals surface area contributed by atoms with Gasteiger partial charge in [0.05, 0.1) is 5.69 Å². The molecule has 3 nitrogen and oxygen atoms in total. The largest absolute Gasteiger partial charge is 0.314 e. The summed E-state index contributed by atoms with van der Waals surface area (Å²) in [7, 11) is 0. The van der Waals surface area contributed by atoms with Crippen LogP contribution >= 0.6 is 11.3 Å². The van der Waals surface area contributed by atoms with Crippen LogP contribution in [-0.4, -0.2) is 22.0 Å². The zero-order chi connectivity index (χ0) is 14.5. The molecule has 2 aromatic heterocycles. The van der Waals surface area contributed by atoms with Crippen molar-refractivity contribution in [3.8, 4) is 0 Å². The monoisotopic (exact) mass is 305 g/mol. The lowest BCUT2D eigenvalue weighted by Crippen LogP contribution is -2.38. The maximum atomic E-state index is 4.77. The fourth-order valence-electron chi connectivity index (χ4n) is 3.66. The Morgan fingerprint density at radius 1 is 1.29 bits per heavy atom. The van der Waals surface area contributed by atoms with Crippen molar-refractivity contribution in [3.05, 3.63) is 23.5 Å². The van der Waals surface area contributed by atoms with E-state index in [9.17, 15) is 0 Å². The first-order valence-electron chi connectivity index (χ1n) is 8.51. The highest BCUT2D eigenvalue weighted by molar-refractivity contribution is 7.15. The van der Waals surface area contributed by atoms with Crippen LogP contribution in [0.2, 0.25) is 0 Å². The van der Waals surface area contributed by atoms with Crippen molar-refractivity contribution >= 4 is 16.3 Å². The van der Waals surface area contributed by atoms with Gasteiger partial charge in [-0.05, 0) is 25.3 Å². The zero-order valence-electron chi connectivity index (χ0n) is 13.1. The molecule has 2 heterocycles. The van der Waals surface area contributed by atoms with E-state index in [1.165, 1.54) is 50.6 Å².